The third-order valence-corrected chi connectivity index (χ3v) is 0.914. The normalized spacial score (nSPS) is 8.56. The minimum absolute atomic E-state index is 0. The molecule has 0 atom stereocenters. The van der Waals surface area contributed by atoms with Crippen LogP contribution in [0, 0.1) is 0 Å². The number of nitrogens with two attached hydrogens (primary N) is 1. The van der Waals surface area contributed by atoms with Crippen molar-refractivity contribution in [3.63, 3.8) is 0 Å². The molecule has 1 rings (SSSR count). The molecule has 1 aromatic heterocycles. The van der Waals surface area contributed by atoms with Crippen LogP contribution in [0.25, 0.3) is 0 Å². The van der Waals surface area contributed by atoms with Crippen LogP contribution >= 0.6 is 0 Å². The Kier molecular flexibility index (Phi) is 4.54. The van der Waals surface area contributed by atoms with Crippen LogP contribution in [-0.2, 0) is 25.9 Å². The maximum atomic E-state index is 5.25. The van der Waals surface area contributed by atoms with Gasteiger partial charge in [-0.15, -0.1) is 0 Å². The van der Waals surface area contributed by atoms with Gasteiger partial charge in [0.2, 0.25) is 0 Å². The Morgan fingerprint density at radius 2 is 2.44 bits per heavy atom. The van der Waals surface area contributed by atoms with Gasteiger partial charge in [0.15, 0.2) is 0 Å². The Hall–Kier alpha value is -0.207. The average Bonchev–Trinajstić information content (AvgIpc) is 2.19. The molecule has 0 aliphatic heterocycles. The van der Waals surface area contributed by atoms with Crippen molar-refractivity contribution in [2.75, 3.05) is 6.54 Å². The molecule has 9 heavy (non-hydrogen) atoms. The first-order valence-corrected chi connectivity index (χ1v) is 2.55. The van der Waals surface area contributed by atoms with Gasteiger partial charge in [0.1, 0.15) is 0 Å². The van der Waals surface area contributed by atoms with Gasteiger partial charge in [-0.25, -0.2) is 0 Å². The summed E-state index contributed by atoms with van der Waals surface area (Å²) < 4.78 is 0. The first-order chi connectivity index (χ1) is 3.93. The number of hydrogen-bond donors (Lipinski definition) is 1. The van der Waals surface area contributed by atoms with E-state index in [1.165, 1.54) is 6.33 Å². The van der Waals surface area contributed by atoms with Gasteiger partial charge in [-0.05, 0) is 13.0 Å². The molecular weight excluding hydrogens is 167 g/mol. The standard InChI is InChI=1S/C5H8N3.Zn/c6-2-1-5-3-7-4-8-5;/h3-4H,1-2,6H2;/q-1;. The molecule has 0 amide bonds. The van der Waals surface area contributed by atoms with Crippen molar-refractivity contribution in [3.8, 4) is 0 Å². The first kappa shape index (κ1) is 8.79. The van der Waals surface area contributed by atoms with Crippen molar-refractivity contribution < 1.29 is 19.5 Å². The summed E-state index contributed by atoms with van der Waals surface area (Å²) in [7, 11) is 0. The van der Waals surface area contributed by atoms with Gasteiger partial charge in [-0.1, -0.05) is 18.2 Å². The summed E-state index contributed by atoms with van der Waals surface area (Å²) in [4.78, 5) is 7.69. The molecule has 0 fully saturated rings. The van der Waals surface area contributed by atoms with E-state index >= 15 is 0 Å². The third-order valence-electron chi connectivity index (χ3n) is 0.914. The summed E-state index contributed by atoms with van der Waals surface area (Å²) in [5.74, 6) is 0. The van der Waals surface area contributed by atoms with E-state index in [0.717, 1.165) is 12.1 Å². The second kappa shape index (κ2) is 4.65. The van der Waals surface area contributed by atoms with Crippen LogP contribution in [-0.4, -0.2) is 11.5 Å². The maximum absolute atomic E-state index is 5.25. The number of hydrogen-bond acceptors (Lipinski definition) is 2. The van der Waals surface area contributed by atoms with Crippen molar-refractivity contribution >= 4 is 0 Å². The summed E-state index contributed by atoms with van der Waals surface area (Å²) in [5.41, 5.74) is 6.23. The summed E-state index contributed by atoms with van der Waals surface area (Å²) in [5, 5.41) is 0. The van der Waals surface area contributed by atoms with E-state index < -0.39 is 0 Å². The van der Waals surface area contributed by atoms with E-state index in [1.807, 2.05) is 0 Å². The van der Waals surface area contributed by atoms with Crippen LogP contribution in [0.15, 0.2) is 12.5 Å². The molecule has 0 aromatic carbocycles. The molecule has 0 aliphatic rings. The molecule has 0 unspecified atom stereocenters. The molecular formula is C5H8N3Zn-. The Balaban J connectivity index is 0.000000640. The summed E-state index contributed by atoms with van der Waals surface area (Å²) in [6.07, 6.45) is 4.10. The molecule has 3 nitrogen and oxygen atoms in total. The zero-order valence-electron chi connectivity index (χ0n) is 5.25. The van der Waals surface area contributed by atoms with Gasteiger partial charge >= 0.3 is 0 Å². The van der Waals surface area contributed by atoms with Crippen LogP contribution < -0.4 is 10.7 Å². The third kappa shape index (κ3) is 2.73. The Labute approximate surface area is 66.8 Å². The van der Waals surface area contributed by atoms with E-state index in [-0.39, 0.29) is 19.5 Å². The Morgan fingerprint density at radius 3 is 2.89 bits per heavy atom. The van der Waals surface area contributed by atoms with Crippen molar-refractivity contribution in [3.05, 3.63) is 18.2 Å². The van der Waals surface area contributed by atoms with Gasteiger partial charge < -0.3 is 15.7 Å². The smallest absolute Gasteiger partial charge is 0 e. The van der Waals surface area contributed by atoms with Crippen LogP contribution in [0.1, 0.15) is 5.69 Å². The summed E-state index contributed by atoms with van der Waals surface area (Å²) >= 11 is 0. The maximum Gasteiger partial charge on any atom is 0 e. The molecule has 2 N–H and O–H groups in total. The van der Waals surface area contributed by atoms with Crippen molar-refractivity contribution in [1.82, 2.24) is 9.97 Å². The molecule has 0 spiro atoms. The zero-order chi connectivity index (χ0) is 5.82. The predicted octanol–water partition coefficient (Wildman–Crippen LogP) is -0.463. The van der Waals surface area contributed by atoms with Crippen molar-refractivity contribution in [2.45, 2.75) is 6.42 Å². The van der Waals surface area contributed by atoms with Crippen molar-refractivity contribution in [2.24, 2.45) is 5.73 Å². The summed E-state index contributed by atoms with van der Waals surface area (Å²) in [6.45, 7) is 0.651. The molecule has 0 saturated carbocycles. The van der Waals surface area contributed by atoms with Crippen LogP contribution in [0.3, 0.4) is 0 Å². The fraction of sp³-hybridized carbons (Fsp3) is 0.400. The molecule has 1 heterocycles. The van der Waals surface area contributed by atoms with Crippen LogP contribution in [0.2, 0.25) is 0 Å². The molecule has 0 bridgehead atoms. The fourth-order valence-corrected chi connectivity index (χ4v) is 0.537. The van der Waals surface area contributed by atoms with Crippen molar-refractivity contribution in [1.29, 1.82) is 0 Å². The monoisotopic (exact) mass is 174 g/mol. The number of rotatable bonds is 2. The molecule has 0 saturated heterocycles. The molecule has 1 aromatic rings. The quantitative estimate of drug-likeness (QED) is 0.619. The van der Waals surface area contributed by atoms with Gasteiger partial charge in [-0.3, -0.25) is 0 Å². The van der Waals surface area contributed by atoms with E-state index in [4.69, 9.17) is 5.73 Å². The molecule has 0 aliphatic carbocycles. The molecule has 0 radical (unpaired) electrons. The number of nitrogens with zero attached hydrogens (tertiary/aromatic N) is 2. The van der Waals surface area contributed by atoms with Gasteiger partial charge in [0.05, 0.1) is 0 Å². The zero-order valence-corrected chi connectivity index (χ0v) is 8.21. The second-order valence-corrected chi connectivity index (χ2v) is 1.55. The molecule has 4 heteroatoms. The largest absolute Gasteiger partial charge is 0.450 e. The first-order valence-electron chi connectivity index (χ1n) is 2.55. The number of aromatic nitrogens is 2. The Morgan fingerprint density at radius 1 is 1.67 bits per heavy atom. The SMILES string of the molecule is NCCc1cnc[n-]1.[Zn]. The van der Waals surface area contributed by atoms with Gasteiger partial charge in [-0.2, -0.15) is 0 Å². The Bertz CT molecular complexity index is 138. The van der Waals surface area contributed by atoms with Crippen LogP contribution in [0.5, 0.6) is 0 Å². The topological polar surface area (TPSA) is 53.0 Å². The van der Waals surface area contributed by atoms with E-state index in [9.17, 15) is 0 Å². The minimum atomic E-state index is 0. The van der Waals surface area contributed by atoms with Gasteiger partial charge in [0, 0.05) is 19.5 Å². The van der Waals surface area contributed by atoms with Gasteiger partial charge in [0.25, 0.3) is 0 Å². The molecule has 46 valence electrons. The minimum Gasteiger partial charge on any atom is -0.450 e. The average molecular weight is 176 g/mol. The van der Waals surface area contributed by atoms with E-state index in [2.05, 4.69) is 9.97 Å². The predicted molar refractivity (Wildman–Crippen MR) is 30.3 cm³/mol. The number of imidazole rings is 1. The van der Waals surface area contributed by atoms with E-state index in [1.54, 1.807) is 6.20 Å². The summed E-state index contributed by atoms with van der Waals surface area (Å²) in [6, 6.07) is 0. The van der Waals surface area contributed by atoms with E-state index in [0.29, 0.717) is 6.54 Å². The van der Waals surface area contributed by atoms with Crippen LogP contribution in [0.4, 0.5) is 0 Å². The fourth-order valence-electron chi connectivity index (χ4n) is 0.537. The second-order valence-electron chi connectivity index (χ2n) is 1.55.